The van der Waals surface area contributed by atoms with Gasteiger partial charge in [-0.3, -0.25) is 19.2 Å². The molecule has 0 aromatic heterocycles. The lowest BCUT2D eigenvalue weighted by Crippen LogP contribution is -2.21. The smallest absolute Gasteiger partial charge is 0.306 e. The number of ketones is 1. The van der Waals surface area contributed by atoms with Gasteiger partial charge in [0.2, 0.25) is 5.91 Å². The lowest BCUT2D eigenvalue weighted by molar-refractivity contribution is -0.147. The quantitative estimate of drug-likeness (QED) is 0.298. The Morgan fingerprint density at radius 2 is 1.31 bits per heavy atom. The Labute approximate surface area is 208 Å². The lowest BCUT2D eigenvalue weighted by Gasteiger charge is -2.11. The normalized spacial score (nSPS) is 10.2. The Kier molecular flexibility index (Phi) is 9.16. The van der Waals surface area contributed by atoms with E-state index in [0.717, 1.165) is 0 Å². The van der Waals surface area contributed by atoms with Gasteiger partial charge in [0.15, 0.2) is 23.9 Å². The van der Waals surface area contributed by atoms with Gasteiger partial charge in [-0.15, -0.1) is 0 Å². The molecule has 2 N–H and O–H groups in total. The zero-order valence-corrected chi connectivity index (χ0v) is 19.9. The summed E-state index contributed by atoms with van der Waals surface area (Å²) in [6, 6.07) is 20.3. The average Bonchev–Trinajstić information content (AvgIpc) is 2.88. The molecule has 0 aliphatic heterocycles. The lowest BCUT2D eigenvalue weighted by atomic mass is 10.1. The fourth-order valence-corrected chi connectivity index (χ4v) is 3.08. The van der Waals surface area contributed by atoms with Crippen molar-refractivity contribution in [1.82, 2.24) is 0 Å². The molecule has 0 saturated carbocycles. The predicted molar refractivity (Wildman–Crippen MR) is 133 cm³/mol. The number of rotatable bonds is 11. The third-order valence-corrected chi connectivity index (χ3v) is 4.93. The summed E-state index contributed by atoms with van der Waals surface area (Å²) in [5.74, 6) is 0.0690. The number of hydrogen-bond donors (Lipinski definition) is 2. The summed E-state index contributed by atoms with van der Waals surface area (Å²) in [6.45, 7) is 0.964. The molecule has 0 saturated heterocycles. The van der Waals surface area contributed by atoms with Gasteiger partial charge >= 0.3 is 5.97 Å². The number of ether oxygens (including phenoxy) is 3. The van der Waals surface area contributed by atoms with Crippen LogP contribution in [0.1, 0.15) is 30.1 Å². The SMILES string of the molecule is COc1ccccc1Oc1ccc(NC(=O)CCC(=O)OCC(=O)Nc2ccc(C(C)=O)cc2)cc1. The summed E-state index contributed by atoms with van der Waals surface area (Å²) in [7, 11) is 1.56. The number of amides is 2. The Bertz CT molecular complexity index is 1220. The second kappa shape index (κ2) is 12.7. The van der Waals surface area contributed by atoms with E-state index in [-0.39, 0.29) is 24.5 Å². The monoisotopic (exact) mass is 490 g/mol. The number of benzene rings is 3. The highest BCUT2D eigenvalue weighted by molar-refractivity contribution is 5.96. The van der Waals surface area contributed by atoms with Crippen molar-refractivity contribution in [2.24, 2.45) is 0 Å². The molecule has 36 heavy (non-hydrogen) atoms. The first-order chi connectivity index (χ1) is 17.3. The minimum Gasteiger partial charge on any atom is -0.493 e. The zero-order valence-electron chi connectivity index (χ0n) is 19.9. The van der Waals surface area contributed by atoms with Gasteiger partial charge in [0.05, 0.1) is 13.5 Å². The zero-order chi connectivity index (χ0) is 25.9. The molecule has 0 atom stereocenters. The Balaban J connectivity index is 1.37. The van der Waals surface area contributed by atoms with E-state index in [2.05, 4.69) is 10.6 Å². The molecule has 186 valence electrons. The number of carbonyl (C=O) groups excluding carboxylic acids is 4. The van der Waals surface area contributed by atoms with Gasteiger partial charge in [0.25, 0.3) is 5.91 Å². The van der Waals surface area contributed by atoms with E-state index in [4.69, 9.17) is 14.2 Å². The number of esters is 1. The number of para-hydroxylation sites is 2. The van der Waals surface area contributed by atoms with Gasteiger partial charge in [0, 0.05) is 23.4 Å². The van der Waals surface area contributed by atoms with Gasteiger partial charge in [-0.1, -0.05) is 12.1 Å². The number of Topliss-reactive ketones (excluding diaryl/α,β-unsaturated/α-hetero) is 1. The molecule has 9 heteroatoms. The molecular formula is C27H26N2O7. The number of anilines is 2. The molecule has 2 amide bonds. The van der Waals surface area contributed by atoms with Crippen LogP contribution in [0.5, 0.6) is 17.2 Å². The van der Waals surface area contributed by atoms with Crippen molar-refractivity contribution < 1.29 is 33.4 Å². The summed E-state index contributed by atoms with van der Waals surface area (Å²) in [6.07, 6.45) is -0.284. The molecule has 0 unspecified atom stereocenters. The van der Waals surface area contributed by atoms with Crippen LogP contribution in [-0.4, -0.2) is 37.3 Å². The van der Waals surface area contributed by atoms with Crippen molar-refractivity contribution in [3.63, 3.8) is 0 Å². The van der Waals surface area contributed by atoms with E-state index >= 15 is 0 Å². The van der Waals surface area contributed by atoms with E-state index in [1.807, 2.05) is 12.1 Å². The maximum absolute atomic E-state index is 12.2. The topological polar surface area (TPSA) is 120 Å². The molecule has 0 aliphatic carbocycles. The first-order valence-corrected chi connectivity index (χ1v) is 11.1. The molecule has 3 rings (SSSR count). The number of methoxy groups -OCH3 is 1. The van der Waals surface area contributed by atoms with Gasteiger partial charge < -0.3 is 24.8 Å². The summed E-state index contributed by atoms with van der Waals surface area (Å²) in [4.78, 5) is 47.3. The van der Waals surface area contributed by atoms with Crippen LogP contribution in [0.2, 0.25) is 0 Å². The van der Waals surface area contributed by atoms with Gasteiger partial charge in [-0.2, -0.15) is 0 Å². The summed E-state index contributed by atoms with van der Waals surface area (Å²) in [5.41, 5.74) is 1.53. The van der Waals surface area contributed by atoms with Crippen LogP contribution in [0.15, 0.2) is 72.8 Å². The van der Waals surface area contributed by atoms with Gasteiger partial charge in [-0.05, 0) is 67.6 Å². The third kappa shape index (κ3) is 7.98. The standard InChI is InChI=1S/C27H26N2O7/c1-18(30)19-7-9-20(10-8-19)29-26(32)17-35-27(33)16-15-25(31)28-21-11-13-22(14-12-21)36-24-6-4-3-5-23(24)34-2/h3-14H,15-17H2,1-2H3,(H,28,31)(H,29,32). The van der Waals surface area contributed by atoms with Crippen molar-refractivity contribution in [1.29, 1.82) is 0 Å². The van der Waals surface area contributed by atoms with Gasteiger partial charge in [-0.25, -0.2) is 0 Å². The van der Waals surface area contributed by atoms with Crippen molar-refractivity contribution in [3.05, 3.63) is 78.4 Å². The van der Waals surface area contributed by atoms with E-state index in [0.29, 0.717) is 34.2 Å². The largest absolute Gasteiger partial charge is 0.493 e. The highest BCUT2D eigenvalue weighted by atomic mass is 16.5. The fraction of sp³-hybridized carbons (Fsp3) is 0.185. The Morgan fingerprint density at radius 1 is 0.722 bits per heavy atom. The summed E-state index contributed by atoms with van der Waals surface area (Å²) < 4.78 is 16.0. The summed E-state index contributed by atoms with van der Waals surface area (Å²) >= 11 is 0. The van der Waals surface area contributed by atoms with E-state index in [1.54, 1.807) is 67.8 Å². The molecule has 3 aromatic carbocycles. The van der Waals surface area contributed by atoms with Crippen molar-refractivity contribution >= 4 is 34.9 Å². The van der Waals surface area contributed by atoms with Crippen LogP contribution in [0.3, 0.4) is 0 Å². The Morgan fingerprint density at radius 3 is 1.92 bits per heavy atom. The summed E-state index contributed by atoms with van der Waals surface area (Å²) in [5, 5.41) is 5.25. The molecule has 0 heterocycles. The predicted octanol–water partition coefficient (Wildman–Crippen LogP) is 4.59. The highest BCUT2D eigenvalue weighted by Crippen LogP contribution is 2.31. The second-order valence-electron chi connectivity index (χ2n) is 7.67. The highest BCUT2D eigenvalue weighted by Gasteiger charge is 2.12. The fourth-order valence-electron chi connectivity index (χ4n) is 3.08. The minimum atomic E-state index is -0.673. The first-order valence-electron chi connectivity index (χ1n) is 11.1. The maximum atomic E-state index is 12.2. The van der Waals surface area contributed by atoms with E-state index in [9.17, 15) is 19.2 Å². The van der Waals surface area contributed by atoms with Crippen LogP contribution < -0.4 is 20.1 Å². The molecule has 3 aromatic rings. The number of nitrogens with one attached hydrogen (secondary N) is 2. The van der Waals surface area contributed by atoms with E-state index in [1.165, 1.54) is 6.92 Å². The second-order valence-corrected chi connectivity index (χ2v) is 7.67. The molecule has 0 spiro atoms. The van der Waals surface area contributed by atoms with E-state index < -0.39 is 18.5 Å². The Hall–Kier alpha value is -4.66. The average molecular weight is 491 g/mol. The molecule has 9 nitrogen and oxygen atoms in total. The van der Waals surface area contributed by atoms with Crippen LogP contribution in [-0.2, 0) is 19.1 Å². The van der Waals surface area contributed by atoms with Crippen LogP contribution >= 0.6 is 0 Å². The first kappa shape index (κ1) is 26.0. The number of carbonyl (C=O) groups is 4. The number of hydrogen-bond acceptors (Lipinski definition) is 7. The molecule has 0 bridgehead atoms. The molecule has 0 aliphatic rings. The molecule has 0 fully saturated rings. The van der Waals surface area contributed by atoms with Crippen molar-refractivity contribution in [2.45, 2.75) is 19.8 Å². The van der Waals surface area contributed by atoms with Crippen molar-refractivity contribution in [2.75, 3.05) is 24.4 Å². The van der Waals surface area contributed by atoms with Crippen molar-refractivity contribution in [3.8, 4) is 17.2 Å². The van der Waals surface area contributed by atoms with Crippen LogP contribution in [0, 0.1) is 0 Å². The molecule has 0 radical (unpaired) electrons. The van der Waals surface area contributed by atoms with Crippen LogP contribution in [0.25, 0.3) is 0 Å². The van der Waals surface area contributed by atoms with Crippen LogP contribution in [0.4, 0.5) is 11.4 Å². The van der Waals surface area contributed by atoms with Gasteiger partial charge in [0.1, 0.15) is 5.75 Å². The molecular weight excluding hydrogens is 464 g/mol. The minimum absolute atomic E-state index is 0.0824. The third-order valence-electron chi connectivity index (χ3n) is 4.93. The maximum Gasteiger partial charge on any atom is 0.306 e.